The van der Waals surface area contributed by atoms with Gasteiger partial charge in [-0.05, 0) is 39.9 Å². The van der Waals surface area contributed by atoms with Crippen molar-refractivity contribution in [2.24, 2.45) is 0 Å². The first-order valence-corrected chi connectivity index (χ1v) is 10.1. The fraction of sp³-hybridized carbons (Fsp3) is 0.200. The Labute approximate surface area is 183 Å². The van der Waals surface area contributed by atoms with E-state index in [4.69, 9.17) is 4.74 Å². The van der Waals surface area contributed by atoms with Gasteiger partial charge in [-0.15, -0.1) is 0 Å². The van der Waals surface area contributed by atoms with Crippen molar-refractivity contribution in [1.82, 2.24) is 4.90 Å². The van der Waals surface area contributed by atoms with Gasteiger partial charge in [-0.1, -0.05) is 48.5 Å². The van der Waals surface area contributed by atoms with E-state index in [1.54, 1.807) is 0 Å². The number of nitrogens with zero attached hydrogens (tertiary/aromatic N) is 1. The molecule has 0 aliphatic heterocycles. The Morgan fingerprint density at radius 2 is 1.50 bits per heavy atom. The van der Waals surface area contributed by atoms with Gasteiger partial charge in [-0.2, -0.15) is 0 Å². The molecular formula is C25H21F2NO4. The molecule has 1 amide bonds. The van der Waals surface area contributed by atoms with Crippen molar-refractivity contribution in [1.29, 1.82) is 0 Å². The number of hydrogen-bond donors (Lipinski definition) is 1. The normalized spacial score (nSPS) is 13.2. The second-order valence-corrected chi connectivity index (χ2v) is 7.75. The Bertz CT molecular complexity index is 1110. The molecule has 0 saturated heterocycles. The molecule has 0 fully saturated rings. The number of benzene rings is 3. The van der Waals surface area contributed by atoms with E-state index in [1.165, 1.54) is 7.05 Å². The van der Waals surface area contributed by atoms with Crippen LogP contribution in [0.1, 0.15) is 22.6 Å². The standard InChI is InChI=1S/C25H21F2NO4/c1-28(23(24(29)30)12-15-10-16(26)13-17(27)11-15)25(31)32-14-22-20-8-4-2-6-18(20)19-7-3-5-9-21(19)22/h2-11,13,22-23H,12,14H2,1H3,(H,29,30)/t23-/m0/s1. The highest BCUT2D eigenvalue weighted by molar-refractivity contribution is 5.81. The molecule has 164 valence electrons. The minimum Gasteiger partial charge on any atom is -0.480 e. The number of amides is 1. The van der Waals surface area contributed by atoms with Crippen LogP contribution in [-0.4, -0.2) is 41.8 Å². The minimum absolute atomic E-state index is 0.0398. The first kappa shape index (κ1) is 21.5. The molecule has 0 saturated carbocycles. The lowest BCUT2D eigenvalue weighted by Crippen LogP contribution is -2.44. The molecule has 1 aliphatic carbocycles. The lowest BCUT2D eigenvalue weighted by molar-refractivity contribution is -0.142. The maximum Gasteiger partial charge on any atom is 0.410 e. The molecule has 0 heterocycles. The Morgan fingerprint density at radius 1 is 0.969 bits per heavy atom. The molecule has 0 bridgehead atoms. The maximum atomic E-state index is 13.5. The Morgan fingerprint density at radius 3 is 2.03 bits per heavy atom. The number of rotatable bonds is 6. The number of aliphatic carboxylic acids is 1. The van der Waals surface area contributed by atoms with Crippen molar-refractivity contribution >= 4 is 12.1 Å². The highest BCUT2D eigenvalue weighted by Gasteiger charge is 2.32. The van der Waals surface area contributed by atoms with Gasteiger partial charge in [0, 0.05) is 25.5 Å². The molecule has 0 radical (unpaired) electrons. The van der Waals surface area contributed by atoms with Gasteiger partial charge in [-0.25, -0.2) is 18.4 Å². The fourth-order valence-corrected chi connectivity index (χ4v) is 4.17. The summed E-state index contributed by atoms with van der Waals surface area (Å²) in [6.45, 7) is 0.0398. The molecule has 0 spiro atoms. The molecule has 3 aromatic rings. The van der Waals surface area contributed by atoms with Crippen molar-refractivity contribution < 1.29 is 28.2 Å². The third-order valence-corrected chi connectivity index (χ3v) is 5.73. The van der Waals surface area contributed by atoms with Crippen LogP contribution in [0.5, 0.6) is 0 Å². The number of carboxylic acids is 1. The number of hydrogen-bond acceptors (Lipinski definition) is 3. The zero-order valence-electron chi connectivity index (χ0n) is 17.3. The molecular weight excluding hydrogens is 416 g/mol. The average Bonchev–Trinajstić information content (AvgIpc) is 3.08. The van der Waals surface area contributed by atoms with Crippen LogP contribution in [0.15, 0.2) is 66.7 Å². The monoisotopic (exact) mass is 437 g/mol. The molecule has 4 rings (SSSR count). The van der Waals surface area contributed by atoms with Crippen LogP contribution in [-0.2, 0) is 16.0 Å². The molecule has 1 aliphatic rings. The number of halogens is 2. The van der Waals surface area contributed by atoms with Crippen LogP contribution < -0.4 is 0 Å². The summed E-state index contributed by atoms with van der Waals surface area (Å²) in [5.41, 5.74) is 4.36. The molecule has 5 nitrogen and oxygen atoms in total. The average molecular weight is 437 g/mol. The number of carboxylic acid groups (broad SMARTS) is 1. The van der Waals surface area contributed by atoms with Crippen molar-refractivity contribution in [3.63, 3.8) is 0 Å². The largest absolute Gasteiger partial charge is 0.480 e. The third-order valence-electron chi connectivity index (χ3n) is 5.73. The lowest BCUT2D eigenvalue weighted by atomic mass is 9.98. The third kappa shape index (κ3) is 4.19. The zero-order chi connectivity index (χ0) is 22.8. The van der Waals surface area contributed by atoms with Crippen LogP contribution in [0.25, 0.3) is 11.1 Å². The summed E-state index contributed by atoms with van der Waals surface area (Å²) in [6, 6.07) is 17.2. The summed E-state index contributed by atoms with van der Waals surface area (Å²) >= 11 is 0. The van der Waals surface area contributed by atoms with E-state index in [0.717, 1.165) is 39.3 Å². The van der Waals surface area contributed by atoms with Gasteiger partial charge in [0.15, 0.2) is 0 Å². The number of likely N-dealkylation sites (N-methyl/N-ethyl adjacent to an activating group) is 1. The summed E-state index contributed by atoms with van der Waals surface area (Å²) in [5.74, 6) is -3.09. The summed E-state index contributed by atoms with van der Waals surface area (Å²) in [4.78, 5) is 25.4. The van der Waals surface area contributed by atoms with Crippen molar-refractivity contribution in [2.45, 2.75) is 18.4 Å². The van der Waals surface area contributed by atoms with Crippen LogP contribution in [0.2, 0.25) is 0 Å². The second-order valence-electron chi connectivity index (χ2n) is 7.75. The number of carbonyl (C=O) groups excluding carboxylic acids is 1. The zero-order valence-corrected chi connectivity index (χ0v) is 17.3. The van der Waals surface area contributed by atoms with Gasteiger partial charge < -0.3 is 9.84 Å². The van der Waals surface area contributed by atoms with Crippen molar-refractivity contribution in [3.05, 3.63) is 95.1 Å². The summed E-state index contributed by atoms with van der Waals surface area (Å²) in [5, 5.41) is 9.60. The van der Waals surface area contributed by atoms with E-state index in [0.29, 0.717) is 6.07 Å². The SMILES string of the molecule is CN(C(=O)OCC1c2ccccc2-c2ccccc21)[C@@H](Cc1cc(F)cc(F)c1)C(=O)O. The van der Waals surface area contributed by atoms with Crippen LogP contribution >= 0.6 is 0 Å². The summed E-state index contributed by atoms with van der Waals surface area (Å²) in [6.07, 6.45) is -1.08. The van der Waals surface area contributed by atoms with Crippen LogP contribution in [0.3, 0.4) is 0 Å². The Balaban J connectivity index is 1.49. The quantitative estimate of drug-likeness (QED) is 0.599. The van der Waals surface area contributed by atoms with Crippen molar-refractivity contribution in [3.8, 4) is 11.1 Å². The number of carbonyl (C=O) groups is 2. The van der Waals surface area contributed by atoms with E-state index in [9.17, 15) is 23.5 Å². The molecule has 1 atom stereocenters. The summed E-state index contributed by atoms with van der Waals surface area (Å²) in [7, 11) is 1.30. The van der Waals surface area contributed by atoms with E-state index < -0.39 is 29.7 Å². The van der Waals surface area contributed by atoms with Gasteiger partial charge in [-0.3, -0.25) is 4.90 Å². The predicted molar refractivity (Wildman–Crippen MR) is 114 cm³/mol. The number of fused-ring (bicyclic) bond motifs is 3. The lowest BCUT2D eigenvalue weighted by Gasteiger charge is -2.25. The van der Waals surface area contributed by atoms with Gasteiger partial charge in [0.05, 0.1) is 0 Å². The van der Waals surface area contributed by atoms with Gasteiger partial charge in [0.25, 0.3) is 0 Å². The molecule has 0 aromatic heterocycles. The van der Waals surface area contributed by atoms with E-state index in [2.05, 4.69) is 0 Å². The van der Waals surface area contributed by atoms with Gasteiger partial charge in [0.2, 0.25) is 0 Å². The summed E-state index contributed by atoms with van der Waals surface area (Å²) < 4.78 is 32.5. The molecule has 1 N–H and O–H groups in total. The van der Waals surface area contributed by atoms with Crippen LogP contribution in [0, 0.1) is 11.6 Å². The Hall–Kier alpha value is -3.74. The van der Waals surface area contributed by atoms with E-state index in [1.807, 2.05) is 48.5 Å². The Kier molecular flexibility index (Phi) is 5.90. The maximum absolute atomic E-state index is 13.5. The minimum atomic E-state index is -1.34. The van der Waals surface area contributed by atoms with Crippen molar-refractivity contribution in [2.75, 3.05) is 13.7 Å². The molecule has 7 heteroatoms. The smallest absolute Gasteiger partial charge is 0.410 e. The number of ether oxygens (including phenoxy) is 1. The first-order valence-electron chi connectivity index (χ1n) is 10.1. The molecule has 3 aromatic carbocycles. The molecule has 0 unspecified atom stereocenters. The fourth-order valence-electron chi connectivity index (χ4n) is 4.17. The van der Waals surface area contributed by atoms with Crippen LogP contribution in [0.4, 0.5) is 13.6 Å². The van der Waals surface area contributed by atoms with E-state index >= 15 is 0 Å². The van der Waals surface area contributed by atoms with Gasteiger partial charge >= 0.3 is 12.1 Å². The van der Waals surface area contributed by atoms with E-state index in [-0.39, 0.29) is 24.5 Å². The molecule has 32 heavy (non-hydrogen) atoms. The topological polar surface area (TPSA) is 66.8 Å². The highest BCUT2D eigenvalue weighted by atomic mass is 19.1. The first-order chi connectivity index (χ1) is 15.3. The highest BCUT2D eigenvalue weighted by Crippen LogP contribution is 2.44. The second kappa shape index (κ2) is 8.78. The van der Waals surface area contributed by atoms with Gasteiger partial charge in [0.1, 0.15) is 24.3 Å². The predicted octanol–water partition coefficient (Wildman–Crippen LogP) is 4.84.